The lowest BCUT2D eigenvalue weighted by Crippen LogP contribution is -2.36. The van der Waals surface area contributed by atoms with Gasteiger partial charge in [0.15, 0.2) is 0 Å². The molecule has 0 radical (unpaired) electrons. The largest absolute Gasteiger partial charge is 0.394 e. The first-order chi connectivity index (χ1) is 13.1. The molecule has 0 saturated carbocycles. The van der Waals surface area contributed by atoms with Gasteiger partial charge in [0.2, 0.25) is 5.91 Å². The molecule has 2 unspecified atom stereocenters. The molecular formula is C21H41NO5. The number of amides is 1. The molecule has 0 bridgehead atoms. The van der Waals surface area contributed by atoms with Crippen molar-refractivity contribution in [3.05, 3.63) is 0 Å². The number of aliphatic hydroxyl groups excluding tert-OH is 3. The van der Waals surface area contributed by atoms with Gasteiger partial charge in [0.1, 0.15) is 18.3 Å². The van der Waals surface area contributed by atoms with E-state index in [1.54, 1.807) is 0 Å². The quantitative estimate of drug-likeness (QED) is 0.305. The zero-order chi connectivity index (χ0) is 19.9. The summed E-state index contributed by atoms with van der Waals surface area (Å²) in [6, 6.07) is 0. The van der Waals surface area contributed by atoms with Crippen LogP contribution in [0.15, 0.2) is 0 Å². The molecule has 1 amide bonds. The Morgan fingerprint density at radius 2 is 1.30 bits per heavy atom. The van der Waals surface area contributed by atoms with Gasteiger partial charge in [-0.15, -0.1) is 0 Å². The predicted octanol–water partition coefficient (Wildman–Crippen LogP) is 2.68. The smallest absolute Gasteiger partial charge is 0.222 e. The Morgan fingerprint density at radius 1 is 0.815 bits per heavy atom. The maximum atomic E-state index is 11.9. The van der Waals surface area contributed by atoms with Gasteiger partial charge in [-0.3, -0.25) is 4.79 Å². The molecule has 1 aliphatic heterocycles. The van der Waals surface area contributed by atoms with E-state index >= 15 is 0 Å². The molecule has 0 aromatic heterocycles. The van der Waals surface area contributed by atoms with Crippen molar-refractivity contribution in [3.8, 4) is 0 Å². The summed E-state index contributed by atoms with van der Waals surface area (Å²) in [5, 5.41) is 31.4. The first kappa shape index (κ1) is 24.3. The maximum Gasteiger partial charge on any atom is 0.222 e. The van der Waals surface area contributed by atoms with Crippen molar-refractivity contribution in [2.45, 2.75) is 115 Å². The number of nitrogens with one attached hydrogen (secondary N) is 1. The minimum atomic E-state index is -1.14. The summed E-state index contributed by atoms with van der Waals surface area (Å²) in [5.74, 6) is -0.187. The van der Waals surface area contributed by atoms with Crippen LogP contribution < -0.4 is 5.32 Å². The summed E-state index contributed by atoms with van der Waals surface area (Å²) in [4.78, 5) is 11.9. The Labute approximate surface area is 164 Å². The lowest BCUT2D eigenvalue weighted by Gasteiger charge is -2.14. The van der Waals surface area contributed by atoms with Gasteiger partial charge >= 0.3 is 0 Å². The Morgan fingerprint density at radius 3 is 1.78 bits per heavy atom. The zero-order valence-corrected chi connectivity index (χ0v) is 17.1. The van der Waals surface area contributed by atoms with Crippen molar-refractivity contribution in [1.29, 1.82) is 0 Å². The third-order valence-electron chi connectivity index (χ3n) is 5.38. The fourth-order valence-electron chi connectivity index (χ4n) is 3.59. The van der Waals surface area contributed by atoms with Crippen molar-refractivity contribution in [2.75, 3.05) is 13.2 Å². The normalized spacial score (nSPS) is 25.0. The summed E-state index contributed by atoms with van der Waals surface area (Å²) in [6.07, 6.45) is 11.6. The molecule has 1 aliphatic rings. The molecule has 1 fully saturated rings. The van der Waals surface area contributed by atoms with Gasteiger partial charge in [0.25, 0.3) is 0 Å². The molecule has 0 spiro atoms. The van der Waals surface area contributed by atoms with Crippen LogP contribution in [0.4, 0.5) is 0 Å². The second-order valence-corrected chi connectivity index (χ2v) is 7.82. The van der Waals surface area contributed by atoms with Gasteiger partial charge in [-0.25, -0.2) is 0 Å². The molecule has 0 aliphatic carbocycles. The third-order valence-corrected chi connectivity index (χ3v) is 5.38. The first-order valence-corrected chi connectivity index (χ1v) is 11.0. The van der Waals surface area contributed by atoms with Crippen LogP contribution in [0.2, 0.25) is 0 Å². The molecule has 6 nitrogen and oxygen atoms in total. The summed E-state index contributed by atoms with van der Waals surface area (Å²) in [6.45, 7) is 2.51. The summed E-state index contributed by atoms with van der Waals surface area (Å²) < 4.78 is 5.31. The van der Waals surface area contributed by atoms with E-state index in [2.05, 4.69) is 12.2 Å². The van der Waals surface area contributed by atoms with Crippen LogP contribution in [0, 0.1) is 0 Å². The number of unbranched alkanes of at least 4 members (excludes halogenated alkanes) is 11. The van der Waals surface area contributed by atoms with E-state index in [0.717, 1.165) is 12.8 Å². The molecule has 27 heavy (non-hydrogen) atoms. The van der Waals surface area contributed by atoms with Crippen molar-refractivity contribution in [3.63, 3.8) is 0 Å². The van der Waals surface area contributed by atoms with Crippen molar-refractivity contribution in [2.24, 2.45) is 0 Å². The fourth-order valence-corrected chi connectivity index (χ4v) is 3.59. The van der Waals surface area contributed by atoms with E-state index in [9.17, 15) is 15.0 Å². The van der Waals surface area contributed by atoms with Crippen LogP contribution in [0.25, 0.3) is 0 Å². The van der Waals surface area contributed by atoms with E-state index < -0.39 is 24.4 Å². The monoisotopic (exact) mass is 387 g/mol. The van der Waals surface area contributed by atoms with Crippen molar-refractivity contribution < 1.29 is 24.9 Å². The van der Waals surface area contributed by atoms with Gasteiger partial charge < -0.3 is 25.4 Å². The van der Waals surface area contributed by atoms with E-state index in [1.165, 1.54) is 64.2 Å². The summed E-state index contributed by atoms with van der Waals surface area (Å²) in [5.41, 5.74) is 0. The zero-order valence-electron chi connectivity index (χ0n) is 17.1. The average molecular weight is 388 g/mol. The van der Waals surface area contributed by atoms with Crippen LogP contribution in [-0.4, -0.2) is 58.8 Å². The van der Waals surface area contributed by atoms with E-state index in [4.69, 9.17) is 9.84 Å². The highest BCUT2D eigenvalue weighted by molar-refractivity contribution is 5.76. The SMILES string of the molecule is CCCCCCCCCCCCCCNC(=O)CC1O[C@H](CO)[C@H](O)C1O. The number of carbonyl (C=O) groups excluding carboxylic acids is 1. The molecule has 1 heterocycles. The standard InChI is InChI=1S/C21H41NO5/c1-2-3-4-5-6-7-8-9-10-11-12-13-14-22-19(24)15-17-20(25)21(26)18(16-23)27-17/h17-18,20-21,23,25-26H,2-16H2,1H3,(H,22,24)/t17?,18-,20?,21+/m1/s1. The first-order valence-electron chi connectivity index (χ1n) is 11.0. The van der Waals surface area contributed by atoms with Gasteiger partial charge in [-0.05, 0) is 6.42 Å². The lowest BCUT2D eigenvalue weighted by atomic mass is 10.0. The van der Waals surface area contributed by atoms with Gasteiger partial charge in [0.05, 0.1) is 19.1 Å². The number of rotatable bonds is 16. The molecule has 0 aromatic carbocycles. The molecule has 1 rings (SSSR count). The third kappa shape index (κ3) is 10.4. The Bertz CT molecular complexity index is 380. The second-order valence-electron chi connectivity index (χ2n) is 7.82. The molecule has 160 valence electrons. The number of hydrogen-bond acceptors (Lipinski definition) is 5. The van der Waals surface area contributed by atoms with Crippen molar-refractivity contribution in [1.82, 2.24) is 5.32 Å². The molecule has 4 atom stereocenters. The Kier molecular flexibility index (Phi) is 13.8. The molecule has 0 aromatic rings. The molecule has 1 saturated heterocycles. The van der Waals surface area contributed by atoms with Gasteiger partial charge in [-0.1, -0.05) is 77.6 Å². The minimum absolute atomic E-state index is 0.00693. The maximum absolute atomic E-state index is 11.9. The second kappa shape index (κ2) is 15.3. The Hall–Kier alpha value is -0.690. The van der Waals surface area contributed by atoms with Crippen LogP contribution in [0.3, 0.4) is 0 Å². The van der Waals surface area contributed by atoms with Crippen LogP contribution >= 0.6 is 0 Å². The highest BCUT2D eigenvalue weighted by atomic mass is 16.6. The molecular weight excluding hydrogens is 346 g/mol. The van der Waals surface area contributed by atoms with Crippen LogP contribution in [-0.2, 0) is 9.53 Å². The lowest BCUT2D eigenvalue weighted by molar-refractivity contribution is -0.125. The van der Waals surface area contributed by atoms with E-state index in [-0.39, 0.29) is 18.9 Å². The number of carbonyl (C=O) groups is 1. The fraction of sp³-hybridized carbons (Fsp3) is 0.952. The average Bonchev–Trinajstić information content (AvgIpc) is 2.93. The van der Waals surface area contributed by atoms with E-state index in [0.29, 0.717) is 6.54 Å². The highest BCUT2D eigenvalue weighted by Gasteiger charge is 2.42. The Balaban J connectivity index is 1.90. The van der Waals surface area contributed by atoms with Crippen LogP contribution in [0.1, 0.15) is 90.4 Å². The van der Waals surface area contributed by atoms with Crippen LogP contribution in [0.5, 0.6) is 0 Å². The summed E-state index contributed by atoms with van der Waals surface area (Å²) >= 11 is 0. The predicted molar refractivity (Wildman–Crippen MR) is 106 cm³/mol. The number of ether oxygens (including phenoxy) is 1. The topological polar surface area (TPSA) is 99.0 Å². The number of hydrogen-bond donors (Lipinski definition) is 4. The minimum Gasteiger partial charge on any atom is -0.394 e. The van der Waals surface area contributed by atoms with Crippen molar-refractivity contribution >= 4 is 5.91 Å². The highest BCUT2D eigenvalue weighted by Crippen LogP contribution is 2.23. The molecule has 4 N–H and O–H groups in total. The van der Waals surface area contributed by atoms with E-state index in [1.807, 2.05) is 0 Å². The van der Waals surface area contributed by atoms with Gasteiger partial charge in [0, 0.05) is 6.54 Å². The van der Waals surface area contributed by atoms with Gasteiger partial charge in [-0.2, -0.15) is 0 Å². The summed E-state index contributed by atoms with van der Waals surface area (Å²) in [7, 11) is 0. The molecule has 6 heteroatoms. The number of aliphatic hydroxyl groups is 3.